The maximum absolute atomic E-state index is 11.9. The number of pyridine rings is 1. The molecule has 0 aliphatic rings. The van der Waals surface area contributed by atoms with E-state index in [1.807, 2.05) is 13.0 Å². The van der Waals surface area contributed by atoms with Crippen LogP contribution in [0, 0.1) is 6.92 Å². The summed E-state index contributed by atoms with van der Waals surface area (Å²) in [4.78, 5) is 20.0. The quantitative estimate of drug-likeness (QED) is 0.716. The fourth-order valence-corrected chi connectivity index (χ4v) is 1.36. The standard InChI is InChI=1S/C11H12N4O/c1-8-3-4-9(6-12-8)10(16)5-11-13-7-14-15(11)2/h3-4,6-7H,5H2,1-2H3. The molecule has 0 aliphatic heterocycles. The molecular formula is C11H12N4O. The van der Waals surface area contributed by atoms with Crippen LogP contribution in [0.2, 0.25) is 0 Å². The highest BCUT2D eigenvalue weighted by atomic mass is 16.1. The van der Waals surface area contributed by atoms with E-state index in [4.69, 9.17) is 0 Å². The molecule has 0 fully saturated rings. The van der Waals surface area contributed by atoms with Crippen LogP contribution >= 0.6 is 0 Å². The van der Waals surface area contributed by atoms with Gasteiger partial charge < -0.3 is 0 Å². The lowest BCUT2D eigenvalue weighted by Gasteiger charge is -2.00. The second-order valence-corrected chi connectivity index (χ2v) is 3.59. The summed E-state index contributed by atoms with van der Waals surface area (Å²) in [7, 11) is 1.77. The fourth-order valence-electron chi connectivity index (χ4n) is 1.36. The van der Waals surface area contributed by atoms with Crippen LogP contribution in [-0.4, -0.2) is 25.5 Å². The minimum Gasteiger partial charge on any atom is -0.294 e. The van der Waals surface area contributed by atoms with Gasteiger partial charge in [0.15, 0.2) is 5.78 Å². The molecule has 5 nitrogen and oxygen atoms in total. The molecule has 0 aliphatic carbocycles. The third kappa shape index (κ3) is 2.13. The zero-order valence-corrected chi connectivity index (χ0v) is 9.21. The van der Waals surface area contributed by atoms with Crippen LogP contribution in [-0.2, 0) is 13.5 Å². The summed E-state index contributed by atoms with van der Waals surface area (Å²) >= 11 is 0. The van der Waals surface area contributed by atoms with Gasteiger partial charge in [0.25, 0.3) is 0 Å². The summed E-state index contributed by atoms with van der Waals surface area (Å²) in [5, 5.41) is 3.92. The Morgan fingerprint density at radius 2 is 2.19 bits per heavy atom. The van der Waals surface area contributed by atoms with Crippen LogP contribution in [0.5, 0.6) is 0 Å². The maximum Gasteiger partial charge on any atom is 0.171 e. The van der Waals surface area contributed by atoms with Crippen molar-refractivity contribution >= 4 is 5.78 Å². The van der Waals surface area contributed by atoms with Crippen molar-refractivity contribution in [2.24, 2.45) is 7.05 Å². The minimum atomic E-state index is 0.00333. The lowest BCUT2D eigenvalue weighted by atomic mass is 10.1. The fraction of sp³-hybridized carbons (Fsp3) is 0.273. The van der Waals surface area contributed by atoms with E-state index in [9.17, 15) is 4.79 Å². The van der Waals surface area contributed by atoms with Crippen molar-refractivity contribution in [3.05, 3.63) is 41.7 Å². The van der Waals surface area contributed by atoms with Crippen LogP contribution < -0.4 is 0 Å². The molecule has 2 aromatic rings. The molecule has 0 bridgehead atoms. The number of rotatable bonds is 3. The molecule has 0 radical (unpaired) electrons. The van der Waals surface area contributed by atoms with Crippen molar-refractivity contribution in [2.75, 3.05) is 0 Å². The SMILES string of the molecule is Cc1ccc(C(=O)Cc2ncnn2C)cn1. The lowest BCUT2D eigenvalue weighted by molar-refractivity contribution is 0.0989. The van der Waals surface area contributed by atoms with E-state index in [1.54, 1.807) is 24.0 Å². The molecule has 0 unspecified atom stereocenters. The average molecular weight is 216 g/mol. The molecule has 0 saturated heterocycles. The maximum atomic E-state index is 11.9. The molecule has 5 heteroatoms. The van der Waals surface area contributed by atoms with Gasteiger partial charge in [0.05, 0.1) is 6.42 Å². The Labute approximate surface area is 93.2 Å². The number of Topliss-reactive ketones (excluding diaryl/α,β-unsaturated/α-hetero) is 1. The van der Waals surface area contributed by atoms with Gasteiger partial charge >= 0.3 is 0 Å². The van der Waals surface area contributed by atoms with Crippen LogP contribution in [0.15, 0.2) is 24.7 Å². The van der Waals surface area contributed by atoms with Gasteiger partial charge in [0, 0.05) is 24.5 Å². The van der Waals surface area contributed by atoms with Gasteiger partial charge in [0.2, 0.25) is 0 Å². The highest BCUT2D eigenvalue weighted by Crippen LogP contribution is 2.04. The number of aromatic nitrogens is 4. The summed E-state index contributed by atoms with van der Waals surface area (Å²) in [6.45, 7) is 1.89. The second-order valence-electron chi connectivity index (χ2n) is 3.59. The first kappa shape index (κ1) is 10.5. The summed E-state index contributed by atoms with van der Waals surface area (Å²) < 4.78 is 1.60. The predicted molar refractivity (Wildman–Crippen MR) is 58.0 cm³/mol. The van der Waals surface area contributed by atoms with E-state index in [-0.39, 0.29) is 12.2 Å². The van der Waals surface area contributed by atoms with Gasteiger partial charge in [-0.3, -0.25) is 14.5 Å². The van der Waals surface area contributed by atoms with Gasteiger partial charge in [-0.2, -0.15) is 5.10 Å². The van der Waals surface area contributed by atoms with E-state index in [0.717, 1.165) is 5.69 Å². The van der Waals surface area contributed by atoms with Gasteiger partial charge in [0.1, 0.15) is 12.2 Å². The molecule has 0 atom stereocenters. The zero-order valence-electron chi connectivity index (χ0n) is 9.21. The number of aryl methyl sites for hydroxylation is 2. The van der Waals surface area contributed by atoms with E-state index >= 15 is 0 Å². The molecule has 0 N–H and O–H groups in total. The van der Waals surface area contributed by atoms with Crippen molar-refractivity contribution in [1.29, 1.82) is 0 Å². The molecule has 2 rings (SSSR count). The van der Waals surface area contributed by atoms with Crippen molar-refractivity contribution in [1.82, 2.24) is 19.7 Å². The Morgan fingerprint density at radius 3 is 2.75 bits per heavy atom. The van der Waals surface area contributed by atoms with Crippen molar-refractivity contribution < 1.29 is 4.79 Å². The third-order valence-electron chi connectivity index (χ3n) is 2.36. The summed E-state index contributed by atoms with van der Waals surface area (Å²) in [5.41, 5.74) is 1.50. The van der Waals surface area contributed by atoms with Gasteiger partial charge in [-0.15, -0.1) is 0 Å². The molecule has 0 spiro atoms. The molecule has 2 heterocycles. The third-order valence-corrected chi connectivity index (χ3v) is 2.36. The summed E-state index contributed by atoms with van der Waals surface area (Å²) in [5.74, 6) is 0.661. The summed E-state index contributed by atoms with van der Waals surface area (Å²) in [6, 6.07) is 3.60. The van der Waals surface area contributed by atoms with Crippen molar-refractivity contribution in [2.45, 2.75) is 13.3 Å². The predicted octanol–water partition coefficient (Wildman–Crippen LogP) is 0.944. The smallest absolute Gasteiger partial charge is 0.171 e. The number of nitrogens with zero attached hydrogens (tertiary/aromatic N) is 4. The number of hydrogen-bond acceptors (Lipinski definition) is 4. The molecular weight excluding hydrogens is 204 g/mol. The highest BCUT2D eigenvalue weighted by molar-refractivity contribution is 5.96. The van der Waals surface area contributed by atoms with E-state index in [2.05, 4.69) is 15.1 Å². The van der Waals surface area contributed by atoms with Crippen LogP contribution in [0.3, 0.4) is 0 Å². The lowest BCUT2D eigenvalue weighted by Crippen LogP contribution is -2.09. The highest BCUT2D eigenvalue weighted by Gasteiger charge is 2.10. The second kappa shape index (κ2) is 4.22. The molecule has 0 aromatic carbocycles. The minimum absolute atomic E-state index is 0.00333. The number of carbonyl (C=O) groups is 1. The molecule has 82 valence electrons. The first-order valence-electron chi connectivity index (χ1n) is 4.95. The summed E-state index contributed by atoms with van der Waals surface area (Å²) in [6.07, 6.45) is 3.28. The Hall–Kier alpha value is -2.04. The van der Waals surface area contributed by atoms with Crippen LogP contribution in [0.1, 0.15) is 21.9 Å². The number of ketones is 1. The first-order valence-corrected chi connectivity index (χ1v) is 4.95. The van der Waals surface area contributed by atoms with Gasteiger partial charge in [-0.05, 0) is 19.1 Å². The normalized spacial score (nSPS) is 10.4. The Morgan fingerprint density at radius 1 is 1.38 bits per heavy atom. The molecule has 0 saturated carbocycles. The van der Waals surface area contributed by atoms with Gasteiger partial charge in [-0.25, -0.2) is 4.98 Å². The average Bonchev–Trinajstić information content (AvgIpc) is 2.65. The first-order chi connectivity index (χ1) is 7.66. The number of carbonyl (C=O) groups excluding carboxylic acids is 1. The Bertz CT molecular complexity index is 501. The monoisotopic (exact) mass is 216 g/mol. The van der Waals surface area contributed by atoms with E-state index < -0.39 is 0 Å². The number of hydrogen-bond donors (Lipinski definition) is 0. The van der Waals surface area contributed by atoms with Crippen molar-refractivity contribution in [3.63, 3.8) is 0 Å². The topological polar surface area (TPSA) is 60.7 Å². The largest absolute Gasteiger partial charge is 0.294 e. The van der Waals surface area contributed by atoms with Gasteiger partial charge in [-0.1, -0.05) is 0 Å². The zero-order chi connectivity index (χ0) is 11.5. The van der Waals surface area contributed by atoms with Crippen LogP contribution in [0.25, 0.3) is 0 Å². The molecule has 0 amide bonds. The van der Waals surface area contributed by atoms with Crippen LogP contribution in [0.4, 0.5) is 0 Å². The Balaban J connectivity index is 2.15. The molecule has 16 heavy (non-hydrogen) atoms. The van der Waals surface area contributed by atoms with E-state index in [0.29, 0.717) is 11.4 Å². The molecule has 2 aromatic heterocycles. The van der Waals surface area contributed by atoms with E-state index in [1.165, 1.54) is 6.33 Å². The van der Waals surface area contributed by atoms with Crippen molar-refractivity contribution in [3.8, 4) is 0 Å². The Kier molecular flexibility index (Phi) is 2.76.